The molecule has 2 aliphatic rings. The van der Waals surface area contributed by atoms with Gasteiger partial charge in [-0.05, 0) is 62.6 Å². The summed E-state index contributed by atoms with van der Waals surface area (Å²) in [5, 5.41) is 5.92. The third kappa shape index (κ3) is 4.84. The molecule has 0 atom stereocenters. The van der Waals surface area contributed by atoms with Gasteiger partial charge in [0.1, 0.15) is 29.3 Å². The highest BCUT2D eigenvalue weighted by atomic mass is 16.5. The third-order valence-electron chi connectivity index (χ3n) is 8.09. The maximum atomic E-state index is 6.44. The Morgan fingerprint density at radius 3 is 2.47 bits per heavy atom. The zero-order valence-electron chi connectivity index (χ0n) is 22.0. The smallest absolute Gasteiger partial charge is 0.164 e. The van der Waals surface area contributed by atoms with Gasteiger partial charge in [0.25, 0.3) is 0 Å². The summed E-state index contributed by atoms with van der Waals surface area (Å²) in [5.41, 5.74) is 15.7. The molecule has 4 N–H and O–H groups in total. The zero-order valence-corrected chi connectivity index (χ0v) is 22.0. The van der Waals surface area contributed by atoms with Crippen molar-refractivity contribution in [2.45, 2.75) is 44.3 Å². The van der Waals surface area contributed by atoms with Crippen LogP contribution in [0.25, 0.3) is 22.3 Å². The first kappa shape index (κ1) is 24.8. The van der Waals surface area contributed by atoms with Gasteiger partial charge in [0.05, 0.1) is 11.4 Å². The van der Waals surface area contributed by atoms with E-state index in [1.165, 1.54) is 19.2 Å². The molecule has 0 amide bonds. The molecule has 38 heavy (non-hydrogen) atoms. The molecular formula is C29H36N8O. The molecule has 1 saturated heterocycles. The van der Waals surface area contributed by atoms with Crippen LogP contribution < -0.4 is 16.2 Å². The summed E-state index contributed by atoms with van der Waals surface area (Å²) in [5.74, 6) is 1.87. The van der Waals surface area contributed by atoms with Crippen LogP contribution in [0.4, 0.5) is 5.82 Å². The summed E-state index contributed by atoms with van der Waals surface area (Å²) in [6.45, 7) is 5.09. The highest BCUT2D eigenvalue weighted by Gasteiger charge is 2.31. The Kier molecular flexibility index (Phi) is 6.97. The van der Waals surface area contributed by atoms with E-state index in [-0.39, 0.29) is 6.04 Å². The fourth-order valence-electron chi connectivity index (χ4n) is 5.91. The van der Waals surface area contributed by atoms with Crippen LogP contribution in [0.15, 0.2) is 54.9 Å². The Morgan fingerprint density at radius 1 is 0.921 bits per heavy atom. The van der Waals surface area contributed by atoms with E-state index in [2.05, 4.69) is 31.5 Å². The molecule has 2 aromatic heterocycles. The lowest BCUT2D eigenvalue weighted by atomic mass is 9.90. The SMILES string of the molecule is CN1CCN(C2CCC(n3nc(-c4ccccc4Oc4cccc(CN)c4)c4c(N)ncnc43)CC2)CC1. The average molecular weight is 513 g/mol. The second-order valence-corrected chi connectivity index (χ2v) is 10.5. The molecule has 0 unspecified atom stereocenters. The monoisotopic (exact) mass is 512 g/mol. The van der Waals surface area contributed by atoms with Crippen LogP contribution in [-0.4, -0.2) is 68.8 Å². The number of nitrogens with zero attached hydrogens (tertiary/aromatic N) is 6. The Balaban J connectivity index is 1.31. The van der Waals surface area contributed by atoms with Crippen molar-refractivity contribution in [3.8, 4) is 22.8 Å². The highest BCUT2D eigenvalue weighted by molar-refractivity contribution is 5.99. The summed E-state index contributed by atoms with van der Waals surface area (Å²) in [7, 11) is 2.21. The van der Waals surface area contributed by atoms with E-state index in [4.69, 9.17) is 21.3 Å². The van der Waals surface area contributed by atoms with E-state index >= 15 is 0 Å². The summed E-state index contributed by atoms with van der Waals surface area (Å²) < 4.78 is 8.44. The first-order chi connectivity index (χ1) is 18.6. The van der Waals surface area contributed by atoms with Crippen molar-refractivity contribution < 1.29 is 4.74 Å². The van der Waals surface area contributed by atoms with Crippen molar-refractivity contribution in [1.82, 2.24) is 29.5 Å². The van der Waals surface area contributed by atoms with Crippen molar-refractivity contribution >= 4 is 16.9 Å². The van der Waals surface area contributed by atoms with Crippen molar-refractivity contribution in [2.24, 2.45) is 5.73 Å². The molecule has 3 heterocycles. The van der Waals surface area contributed by atoms with Gasteiger partial charge >= 0.3 is 0 Å². The molecule has 1 aliphatic heterocycles. The number of rotatable bonds is 6. The van der Waals surface area contributed by atoms with Gasteiger partial charge in [-0.2, -0.15) is 5.10 Å². The summed E-state index contributed by atoms with van der Waals surface area (Å²) >= 11 is 0. The van der Waals surface area contributed by atoms with E-state index in [0.29, 0.717) is 24.2 Å². The molecule has 9 heteroatoms. The quantitative estimate of drug-likeness (QED) is 0.398. The fourth-order valence-corrected chi connectivity index (χ4v) is 5.91. The van der Waals surface area contributed by atoms with Crippen molar-refractivity contribution in [1.29, 1.82) is 0 Å². The molecule has 9 nitrogen and oxygen atoms in total. The molecule has 198 valence electrons. The molecule has 4 aromatic rings. The van der Waals surface area contributed by atoms with E-state index in [1.54, 1.807) is 0 Å². The number of nitrogen functional groups attached to an aromatic ring is 1. The second kappa shape index (κ2) is 10.7. The summed E-state index contributed by atoms with van der Waals surface area (Å²) in [6, 6.07) is 16.7. The van der Waals surface area contributed by atoms with E-state index in [0.717, 1.165) is 72.6 Å². The van der Waals surface area contributed by atoms with Crippen LogP contribution in [-0.2, 0) is 6.54 Å². The highest BCUT2D eigenvalue weighted by Crippen LogP contribution is 2.40. The van der Waals surface area contributed by atoms with Crippen molar-refractivity contribution in [2.75, 3.05) is 39.0 Å². The number of hydrogen-bond donors (Lipinski definition) is 2. The van der Waals surface area contributed by atoms with Crippen LogP contribution in [0.2, 0.25) is 0 Å². The first-order valence-electron chi connectivity index (χ1n) is 13.6. The van der Waals surface area contributed by atoms with Gasteiger partial charge in [0.2, 0.25) is 0 Å². The number of ether oxygens (including phenoxy) is 1. The first-order valence-corrected chi connectivity index (χ1v) is 13.6. The lowest BCUT2D eigenvalue weighted by Gasteiger charge is -2.41. The van der Waals surface area contributed by atoms with Crippen LogP contribution in [0.1, 0.15) is 37.3 Å². The maximum Gasteiger partial charge on any atom is 0.164 e. The molecule has 1 saturated carbocycles. The molecule has 0 bridgehead atoms. The predicted molar refractivity (Wildman–Crippen MR) is 150 cm³/mol. The Bertz CT molecular complexity index is 1400. The number of fused-ring (bicyclic) bond motifs is 1. The number of nitrogens with two attached hydrogens (primary N) is 2. The minimum absolute atomic E-state index is 0.276. The number of anilines is 1. The standard InChI is InChI=1S/C29H36N8O/c1-35-13-15-36(16-14-35)21-9-11-22(12-10-21)37-29-26(28(31)32-19-33-29)27(34-37)24-7-2-3-8-25(24)38-23-6-4-5-20(17-23)18-30/h2-8,17,19,21-22H,9-16,18,30H2,1H3,(H2,31,32,33). The number of piperazine rings is 1. The largest absolute Gasteiger partial charge is 0.457 e. The lowest BCUT2D eigenvalue weighted by Crippen LogP contribution is -2.49. The molecule has 2 aromatic carbocycles. The molecule has 2 fully saturated rings. The van der Waals surface area contributed by atoms with Gasteiger partial charge < -0.3 is 21.1 Å². The molecular weight excluding hydrogens is 476 g/mol. The summed E-state index contributed by atoms with van der Waals surface area (Å²) in [6.07, 6.45) is 6.02. The lowest BCUT2D eigenvalue weighted by molar-refractivity contribution is 0.0815. The van der Waals surface area contributed by atoms with Crippen molar-refractivity contribution in [3.63, 3.8) is 0 Å². The normalized spacial score (nSPS) is 21.1. The topological polar surface area (TPSA) is 111 Å². The fraction of sp³-hybridized carbons (Fsp3) is 0.414. The summed E-state index contributed by atoms with van der Waals surface area (Å²) in [4.78, 5) is 14.1. The number of benzene rings is 2. The van der Waals surface area contributed by atoms with Gasteiger partial charge in [0.15, 0.2) is 5.65 Å². The van der Waals surface area contributed by atoms with E-state index in [1.807, 2.05) is 48.5 Å². The van der Waals surface area contributed by atoms with Gasteiger partial charge in [-0.15, -0.1) is 0 Å². The molecule has 1 aliphatic carbocycles. The van der Waals surface area contributed by atoms with Gasteiger partial charge in [-0.25, -0.2) is 14.6 Å². The van der Waals surface area contributed by atoms with Crippen LogP contribution in [0.5, 0.6) is 11.5 Å². The predicted octanol–water partition coefficient (Wildman–Crippen LogP) is 4.06. The second-order valence-electron chi connectivity index (χ2n) is 10.5. The number of hydrogen-bond acceptors (Lipinski definition) is 8. The van der Waals surface area contributed by atoms with Crippen LogP contribution in [0, 0.1) is 0 Å². The van der Waals surface area contributed by atoms with Gasteiger partial charge in [-0.1, -0.05) is 24.3 Å². The molecule has 6 rings (SSSR count). The Morgan fingerprint density at radius 2 is 1.68 bits per heavy atom. The van der Waals surface area contributed by atoms with Crippen LogP contribution >= 0.6 is 0 Å². The van der Waals surface area contributed by atoms with Gasteiger partial charge in [0, 0.05) is 44.3 Å². The number of likely N-dealkylation sites (N-methyl/N-ethyl adjacent to an activating group) is 1. The van der Waals surface area contributed by atoms with Crippen LogP contribution in [0.3, 0.4) is 0 Å². The molecule has 0 spiro atoms. The third-order valence-corrected chi connectivity index (χ3v) is 8.09. The minimum atomic E-state index is 0.276. The zero-order chi connectivity index (χ0) is 26.1. The maximum absolute atomic E-state index is 6.44. The minimum Gasteiger partial charge on any atom is -0.457 e. The van der Waals surface area contributed by atoms with Gasteiger partial charge in [-0.3, -0.25) is 4.90 Å². The number of aromatic nitrogens is 4. The van der Waals surface area contributed by atoms with E-state index < -0.39 is 0 Å². The Hall–Kier alpha value is -3.53. The number of para-hydroxylation sites is 1. The average Bonchev–Trinajstić information content (AvgIpc) is 3.35. The van der Waals surface area contributed by atoms with E-state index in [9.17, 15) is 0 Å². The van der Waals surface area contributed by atoms with Crippen molar-refractivity contribution in [3.05, 3.63) is 60.4 Å². The Labute approximate surface area is 223 Å². The molecule has 0 radical (unpaired) electrons.